The maximum Gasteiger partial charge on any atom is 0.369 e. The molecule has 0 atom stereocenters. The normalized spacial score (nSPS) is 9.79. The lowest BCUT2D eigenvalue weighted by Crippen LogP contribution is -2.09. The SMILES string of the molecule is C=Nc1nnc(C(=O)OCCOC)s1. The van der Waals surface area contributed by atoms with Gasteiger partial charge in [-0.1, -0.05) is 11.3 Å². The number of nitrogens with zero attached hydrogens (tertiary/aromatic N) is 3. The summed E-state index contributed by atoms with van der Waals surface area (Å²) in [5, 5.41) is 7.70. The van der Waals surface area contributed by atoms with Crippen molar-refractivity contribution in [1.29, 1.82) is 0 Å². The summed E-state index contributed by atoms with van der Waals surface area (Å²) < 4.78 is 9.52. The first-order valence-corrected chi connectivity index (χ1v) is 4.56. The standard InChI is InChI=1S/C7H9N3O3S/c1-8-7-10-9-5(14-7)6(11)13-4-3-12-2/h1,3-4H2,2H3. The number of aromatic nitrogens is 2. The highest BCUT2D eigenvalue weighted by molar-refractivity contribution is 7.16. The number of rotatable bonds is 5. The Kier molecular flexibility index (Phi) is 4.14. The second-order valence-electron chi connectivity index (χ2n) is 2.18. The number of methoxy groups -OCH3 is 1. The highest BCUT2D eigenvalue weighted by atomic mass is 32.1. The van der Waals surface area contributed by atoms with Crippen LogP contribution in [0.4, 0.5) is 5.13 Å². The van der Waals surface area contributed by atoms with Crippen molar-refractivity contribution in [2.75, 3.05) is 20.3 Å². The molecule has 1 aromatic rings. The van der Waals surface area contributed by atoms with E-state index in [1.807, 2.05) is 0 Å². The summed E-state index contributed by atoms with van der Waals surface area (Å²) in [6.45, 7) is 3.82. The second-order valence-corrected chi connectivity index (χ2v) is 3.13. The molecule has 0 unspecified atom stereocenters. The van der Waals surface area contributed by atoms with Gasteiger partial charge in [0, 0.05) is 7.11 Å². The van der Waals surface area contributed by atoms with Crippen molar-refractivity contribution in [1.82, 2.24) is 10.2 Å². The lowest BCUT2D eigenvalue weighted by molar-refractivity contribution is 0.0387. The van der Waals surface area contributed by atoms with Gasteiger partial charge in [0.25, 0.3) is 0 Å². The van der Waals surface area contributed by atoms with Crippen molar-refractivity contribution in [3.8, 4) is 0 Å². The molecule has 0 aliphatic heterocycles. The van der Waals surface area contributed by atoms with Gasteiger partial charge in [0.15, 0.2) is 0 Å². The summed E-state index contributed by atoms with van der Waals surface area (Å²) in [6.07, 6.45) is 0. The third-order valence-corrected chi connectivity index (χ3v) is 2.08. The summed E-state index contributed by atoms with van der Waals surface area (Å²) in [4.78, 5) is 14.7. The Morgan fingerprint density at radius 2 is 2.36 bits per heavy atom. The maximum atomic E-state index is 11.2. The van der Waals surface area contributed by atoms with Crippen molar-refractivity contribution in [2.24, 2.45) is 4.99 Å². The molecule has 1 aromatic heterocycles. The Morgan fingerprint density at radius 1 is 1.57 bits per heavy atom. The molecule has 0 fully saturated rings. The third kappa shape index (κ3) is 2.86. The molecule has 0 spiro atoms. The molecular weight excluding hydrogens is 206 g/mol. The smallest absolute Gasteiger partial charge is 0.369 e. The van der Waals surface area contributed by atoms with E-state index in [4.69, 9.17) is 9.47 Å². The largest absolute Gasteiger partial charge is 0.458 e. The van der Waals surface area contributed by atoms with E-state index in [2.05, 4.69) is 21.9 Å². The number of hydrogen-bond acceptors (Lipinski definition) is 7. The number of ether oxygens (including phenoxy) is 2. The molecule has 7 heteroatoms. The monoisotopic (exact) mass is 215 g/mol. The minimum absolute atomic E-state index is 0.170. The molecule has 0 bridgehead atoms. The summed E-state index contributed by atoms with van der Waals surface area (Å²) in [6, 6.07) is 0. The predicted molar refractivity (Wildman–Crippen MR) is 51.3 cm³/mol. The van der Waals surface area contributed by atoms with Gasteiger partial charge in [-0.15, -0.1) is 10.2 Å². The maximum absolute atomic E-state index is 11.2. The van der Waals surface area contributed by atoms with Crippen LogP contribution in [0.15, 0.2) is 4.99 Å². The van der Waals surface area contributed by atoms with Crippen molar-refractivity contribution in [3.05, 3.63) is 5.01 Å². The zero-order valence-corrected chi connectivity index (χ0v) is 8.41. The highest BCUT2D eigenvalue weighted by Gasteiger charge is 2.13. The van der Waals surface area contributed by atoms with Crippen LogP contribution in [0.3, 0.4) is 0 Å². The van der Waals surface area contributed by atoms with Crippen LogP contribution in [0.2, 0.25) is 0 Å². The average Bonchev–Trinajstić information content (AvgIpc) is 2.66. The third-order valence-electron chi connectivity index (χ3n) is 1.24. The highest BCUT2D eigenvalue weighted by Crippen LogP contribution is 2.17. The topological polar surface area (TPSA) is 73.7 Å². The molecule has 14 heavy (non-hydrogen) atoms. The Labute approximate surface area is 84.6 Å². The van der Waals surface area contributed by atoms with Gasteiger partial charge in [-0.2, -0.15) is 0 Å². The van der Waals surface area contributed by atoms with E-state index in [1.165, 1.54) is 7.11 Å². The van der Waals surface area contributed by atoms with E-state index in [1.54, 1.807) is 0 Å². The first kappa shape index (κ1) is 10.7. The fourth-order valence-corrected chi connectivity index (χ4v) is 1.18. The number of hydrogen-bond donors (Lipinski definition) is 0. The van der Waals surface area contributed by atoms with Crippen molar-refractivity contribution >= 4 is 29.2 Å². The van der Waals surface area contributed by atoms with Crippen LogP contribution in [0.1, 0.15) is 9.80 Å². The van der Waals surface area contributed by atoms with E-state index in [0.29, 0.717) is 11.7 Å². The zero-order valence-electron chi connectivity index (χ0n) is 7.60. The molecule has 76 valence electrons. The van der Waals surface area contributed by atoms with Gasteiger partial charge in [-0.25, -0.2) is 9.79 Å². The van der Waals surface area contributed by atoms with Crippen LogP contribution in [0, 0.1) is 0 Å². The van der Waals surface area contributed by atoms with Crippen LogP contribution < -0.4 is 0 Å². The quantitative estimate of drug-likeness (QED) is 0.410. The van der Waals surface area contributed by atoms with Gasteiger partial charge in [-0.3, -0.25) is 0 Å². The van der Waals surface area contributed by atoms with E-state index in [-0.39, 0.29) is 11.6 Å². The molecule has 0 saturated carbocycles. The van der Waals surface area contributed by atoms with Gasteiger partial charge in [0.1, 0.15) is 6.61 Å². The van der Waals surface area contributed by atoms with Gasteiger partial charge in [0.2, 0.25) is 10.1 Å². The number of esters is 1. The lowest BCUT2D eigenvalue weighted by atomic mass is 10.7. The lowest BCUT2D eigenvalue weighted by Gasteiger charge is -1.99. The summed E-state index contributed by atoms with van der Waals surface area (Å²) in [5.41, 5.74) is 0. The van der Waals surface area contributed by atoms with E-state index in [0.717, 1.165) is 11.3 Å². The first-order chi connectivity index (χ1) is 6.77. The molecule has 1 rings (SSSR count). The van der Waals surface area contributed by atoms with Gasteiger partial charge in [-0.05, 0) is 6.72 Å². The molecular formula is C7H9N3O3S. The number of aliphatic imine (C=N–C) groups is 1. The second kappa shape index (κ2) is 5.40. The molecule has 0 aliphatic carbocycles. The molecule has 6 nitrogen and oxygen atoms in total. The van der Waals surface area contributed by atoms with Gasteiger partial charge in [0.05, 0.1) is 6.61 Å². The van der Waals surface area contributed by atoms with Crippen molar-refractivity contribution in [3.63, 3.8) is 0 Å². The Morgan fingerprint density at radius 3 is 2.93 bits per heavy atom. The fourth-order valence-electron chi connectivity index (χ4n) is 0.641. The summed E-state index contributed by atoms with van der Waals surface area (Å²) >= 11 is 1.03. The van der Waals surface area contributed by atoms with Gasteiger partial charge >= 0.3 is 5.97 Å². The Hall–Kier alpha value is -1.34. The van der Waals surface area contributed by atoms with Crippen molar-refractivity contribution in [2.45, 2.75) is 0 Å². The van der Waals surface area contributed by atoms with E-state index in [9.17, 15) is 4.79 Å². The predicted octanol–water partition coefficient (Wildman–Crippen LogP) is 0.673. The van der Waals surface area contributed by atoms with Crippen LogP contribution in [-0.4, -0.2) is 43.2 Å². The van der Waals surface area contributed by atoms with Crippen molar-refractivity contribution < 1.29 is 14.3 Å². The molecule has 1 heterocycles. The molecule has 0 aliphatic rings. The fraction of sp³-hybridized carbons (Fsp3) is 0.429. The Bertz CT molecular complexity index is 326. The number of carbonyl (C=O) groups excluding carboxylic acids is 1. The average molecular weight is 215 g/mol. The molecule has 0 radical (unpaired) electrons. The molecule has 0 amide bonds. The molecule has 0 aromatic carbocycles. The molecule has 0 saturated heterocycles. The molecule has 0 N–H and O–H groups in total. The minimum atomic E-state index is -0.519. The van der Waals surface area contributed by atoms with Crippen LogP contribution in [0.25, 0.3) is 0 Å². The minimum Gasteiger partial charge on any atom is -0.458 e. The van der Waals surface area contributed by atoms with E-state index < -0.39 is 5.97 Å². The van der Waals surface area contributed by atoms with Crippen LogP contribution >= 0.6 is 11.3 Å². The first-order valence-electron chi connectivity index (χ1n) is 3.74. The van der Waals surface area contributed by atoms with Crippen LogP contribution in [-0.2, 0) is 9.47 Å². The van der Waals surface area contributed by atoms with Gasteiger partial charge < -0.3 is 9.47 Å². The van der Waals surface area contributed by atoms with E-state index >= 15 is 0 Å². The van der Waals surface area contributed by atoms with Crippen LogP contribution in [0.5, 0.6) is 0 Å². The zero-order chi connectivity index (χ0) is 10.4. The summed E-state index contributed by atoms with van der Waals surface area (Å²) in [7, 11) is 1.53. The summed E-state index contributed by atoms with van der Waals surface area (Å²) in [5.74, 6) is -0.519. The Balaban J connectivity index is 2.47. The number of carbonyl (C=O) groups is 1.